The van der Waals surface area contributed by atoms with Gasteiger partial charge in [0.05, 0.1) is 19.8 Å². The van der Waals surface area contributed by atoms with E-state index in [0.717, 1.165) is 11.1 Å². The van der Waals surface area contributed by atoms with Crippen molar-refractivity contribution >= 4 is 11.8 Å². The van der Waals surface area contributed by atoms with E-state index in [0.29, 0.717) is 11.3 Å². The van der Waals surface area contributed by atoms with Crippen molar-refractivity contribution in [2.24, 2.45) is 5.41 Å². The van der Waals surface area contributed by atoms with Crippen LogP contribution in [0.15, 0.2) is 12.1 Å². The Morgan fingerprint density at radius 2 is 1.58 bits per heavy atom. The van der Waals surface area contributed by atoms with E-state index in [1.807, 2.05) is 13.8 Å². The molecule has 19 heavy (non-hydrogen) atoms. The highest BCUT2D eigenvalue weighted by Crippen LogP contribution is 2.31. The van der Waals surface area contributed by atoms with Crippen LogP contribution >= 0.6 is 0 Å². The van der Waals surface area contributed by atoms with Gasteiger partial charge in [0.25, 0.3) is 0 Å². The standard InChI is InChI=1S/C15H20O4/c1-9-7-11(12(18-5)8-10(9)2)13(16)15(3,4)14(17)19-6/h7-8H,1-6H3. The zero-order valence-corrected chi connectivity index (χ0v) is 12.3. The first-order valence-electron chi connectivity index (χ1n) is 6.04. The molecule has 0 aromatic heterocycles. The third-order valence-electron chi connectivity index (χ3n) is 3.32. The van der Waals surface area contributed by atoms with Gasteiger partial charge in [-0.3, -0.25) is 9.59 Å². The highest BCUT2D eigenvalue weighted by molar-refractivity contribution is 6.13. The van der Waals surface area contributed by atoms with Crippen molar-refractivity contribution in [1.29, 1.82) is 0 Å². The van der Waals surface area contributed by atoms with Gasteiger partial charge in [0.1, 0.15) is 11.2 Å². The van der Waals surface area contributed by atoms with Gasteiger partial charge < -0.3 is 9.47 Å². The number of carbonyl (C=O) groups is 2. The first kappa shape index (κ1) is 15.2. The Kier molecular flexibility index (Phi) is 4.35. The van der Waals surface area contributed by atoms with E-state index in [1.165, 1.54) is 14.2 Å². The first-order chi connectivity index (χ1) is 8.75. The van der Waals surface area contributed by atoms with Crippen LogP contribution in [0, 0.1) is 19.3 Å². The molecule has 0 aliphatic rings. The topological polar surface area (TPSA) is 52.6 Å². The average Bonchev–Trinajstić information content (AvgIpc) is 2.39. The Hall–Kier alpha value is -1.84. The molecular weight excluding hydrogens is 244 g/mol. The summed E-state index contributed by atoms with van der Waals surface area (Å²) >= 11 is 0. The Labute approximate surface area is 113 Å². The number of benzene rings is 1. The summed E-state index contributed by atoms with van der Waals surface area (Å²) < 4.78 is 9.92. The van der Waals surface area contributed by atoms with Crippen LogP contribution in [-0.2, 0) is 9.53 Å². The number of hydrogen-bond acceptors (Lipinski definition) is 4. The van der Waals surface area contributed by atoms with E-state index in [4.69, 9.17) is 4.74 Å². The van der Waals surface area contributed by atoms with Crippen molar-refractivity contribution in [3.63, 3.8) is 0 Å². The number of esters is 1. The molecule has 0 saturated heterocycles. The van der Waals surface area contributed by atoms with Crippen LogP contribution in [0.4, 0.5) is 0 Å². The van der Waals surface area contributed by atoms with E-state index in [-0.39, 0.29) is 5.78 Å². The van der Waals surface area contributed by atoms with E-state index in [2.05, 4.69) is 4.74 Å². The maximum absolute atomic E-state index is 12.5. The molecule has 0 aliphatic heterocycles. The molecule has 4 heteroatoms. The third kappa shape index (κ3) is 2.78. The normalized spacial score (nSPS) is 11.1. The second-order valence-corrected chi connectivity index (χ2v) is 5.08. The van der Waals surface area contributed by atoms with E-state index in [1.54, 1.807) is 26.0 Å². The molecule has 4 nitrogen and oxygen atoms in total. The summed E-state index contributed by atoms with van der Waals surface area (Å²) in [6.45, 7) is 6.96. The summed E-state index contributed by atoms with van der Waals surface area (Å²) in [6.07, 6.45) is 0. The first-order valence-corrected chi connectivity index (χ1v) is 6.04. The second-order valence-electron chi connectivity index (χ2n) is 5.08. The quantitative estimate of drug-likeness (QED) is 0.476. The molecule has 0 N–H and O–H groups in total. The molecule has 0 heterocycles. The molecule has 0 radical (unpaired) electrons. The highest BCUT2D eigenvalue weighted by atomic mass is 16.5. The molecule has 1 aromatic carbocycles. The molecular formula is C15H20O4. The summed E-state index contributed by atoms with van der Waals surface area (Å²) in [4.78, 5) is 24.2. The number of Topliss-reactive ketones (excluding diaryl/α,β-unsaturated/α-hetero) is 1. The number of carbonyl (C=O) groups excluding carboxylic acids is 2. The molecule has 0 amide bonds. The summed E-state index contributed by atoms with van der Waals surface area (Å²) in [5.41, 5.74) is 1.18. The van der Waals surface area contributed by atoms with E-state index < -0.39 is 11.4 Å². The minimum absolute atomic E-state index is 0.306. The molecule has 1 aromatic rings. The van der Waals surface area contributed by atoms with Gasteiger partial charge in [-0.05, 0) is 51.0 Å². The van der Waals surface area contributed by atoms with Crippen LogP contribution in [0.5, 0.6) is 5.75 Å². The summed E-state index contributed by atoms with van der Waals surface area (Å²) in [5, 5.41) is 0. The SMILES string of the molecule is COC(=O)C(C)(C)C(=O)c1cc(C)c(C)cc1OC. The van der Waals surface area contributed by atoms with Gasteiger partial charge in [0.2, 0.25) is 0 Å². The predicted molar refractivity (Wildman–Crippen MR) is 72.6 cm³/mol. The molecule has 0 aliphatic carbocycles. The summed E-state index contributed by atoms with van der Waals surface area (Å²) in [7, 11) is 2.78. The summed E-state index contributed by atoms with van der Waals surface area (Å²) in [6, 6.07) is 3.55. The Balaban J connectivity index is 3.34. The third-order valence-corrected chi connectivity index (χ3v) is 3.32. The minimum Gasteiger partial charge on any atom is -0.496 e. The predicted octanol–water partition coefficient (Wildman–Crippen LogP) is 2.69. The van der Waals surface area contributed by atoms with Gasteiger partial charge in [-0.15, -0.1) is 0 Å². The van der Waals surface area contributed by atoms with Crippen LogP contribution < -0.4 is 4.74 Å². The fraction of sp³-hybridized carbons (Fsp3) is 0.467. The summed E-state index contributed by atoms with van der Waals surface area (Å²) in [5.74, 6) is -0.387. The lowest BCUT2D eigenvalue weighted by molar-refractivity contribution is -0.147. The molecule has 0 saturated carbocycles. The molecule has 104 valence electrons. The zero-order chi connectivity index (χ0) is 14.8. The molecule has 0 bridgehead atoms. The molecule has 0 atom stereocenters. The zero-order valence-electron chi connectivity index (χ0n) is 12.3. The van der Waals surface area contributed by atoms with Gasteiger partial charge in [0, 0.05) is 0 Å². The molecule has 0 fully saturated rings. The number of rotatable bonds is 4. The number of hydrogen-bond donors (Lipinski definition) is 0. The smallest absolute Gasteiger partial charge is 0.319 e. The van der Waals surface area contributed by atoms with Crippen LogP contribution in [0.1, 0.15) is 35.3 Å². The fourth-order valence-electron chi connectivity index (χ4n) is 1.82. The number of ether oxygens (including phenoxy) is 2. The fourth-order valence-corrected chi connectivity index (χ4v) is 1.82. The van der Waals surface area contributed by atoms with Crippen molar-refractivity contribution < 1.29 is 19.1 Å². The van der Waals surface area contributed by atoms with Crippen LogP contribution in [0.3, 0.4) is 0 Å². The van der Waals surface area contributed by atoms with E-state index in [9.17, 15) is 9.59 Å². The second kappa shape index (κ2) is 5.43. The van der Waals surface area contributed by atoms with Crippen molar-refractivity contribution in [3.05, 3.63) is 28.8 Å². The maximum atomic E-state index is 12.5. The number of methoxy groups -OCH3 is 2. The van der Waals surface area contributed by atoms with Crippen molar-refractivity contribution in [2.75, 3.05) is 14.2 Å². The van der Waals surface area contributed by atoms with Gasteiger partial charge in [0.15, 0.2) is 5.78 Å². The number of ketones is 1. The van der Waals surface area contributed by atoms with Gasteiger partial charge in [-0.2, -0.15) is 0 Å². The van der Waals surface area contributed by atoms with Crippen molar-refractivity contribution in [2.45, 2.75) is 27.7 Å². The van der Waals surface area contributed by atoms with Crippen LogP contribution in [0.2, 0.25) is 0 Å². The van der Waals surface area contributed by atoms with Gasteiger partial charge in [-0.25, -0.2) is 0 Å². The lowest BCUT2D eigenvalue weighted by Crippen LogP contribution is -2.34. The Morgan fingerprint density at radius 1 is 1.05 bits per heavy atom. The van der Waals surface area contributed by atoms with Gasteiger partial charge in [-0.1, -0.05) is 0 Å². The largest absolute Gasteiger partial charge is 0.496 e. The van der Waals surface area contributed by atoms with Gasteiger partial charge >= 0.3 is 5.97 Å². The van der Waals surface area contributed by atoms with Crippen molar-refractivity contribution in [1.82, 2.24) is 0 Å². The maximum Gasteiger partial charge on any atom is 0.319 e. The Morgan fingerprint density at radius 3 is 2.05 bits per heavy atom. The molecule has 0 spiro atoms. The minimum atomic E-state index is -1.23. The average molecular weight is 264 g/mol. The highest BCUT2D eigenvalue weighted by Gasteiger charge is 2.39. The Bertz CT molecular complexity index is 515. The van der Waals surface area contributed by atoms with Crippen LogP contribution in [0.25, 0.3) is 0 Å². The molecule has 0 unspecified atom stereocenters. The monoisotopic (exact) mass is 264 g/mol. The van der Waals surface area contributed by atoms with Crippen molar-refractivity contribution in [3.8, 4) is 5.75 Å². The lowest BCUT2D eigenvalue weighted by atomic mass is 9.83. The van der Waals surface area contributed by atoms with Crippen LogP contribution in [-0.4, -0.2) is 26.0 Å². The van der Waals surface area contributed by atoms with E-state index >= 15 is 0 Å². The molecule has 1 rings (SSSR count). The lowest BCUT2D eigenvalue weighted by Gasteiger charge is -2.21. The number of aryl methyl sites for hydroxylation is 2.